The summed E-state index contributed by atoms with van der Waals surface area (Å²) in [7, 11) is 0. The van der Waals surface area contributed by atoms with Crippen LogP contribution in [0, 0.1) is 0 Å². The van der Waals surface area contributed by atoms with Crippen molar-refractivity contribution in [2.45, 2.75) is 96.8 Å². The van der Waals surface area contributed by atoms with Crippen LogP contribution in [0.3, 0.4) is 0 Å². The third-order valence-corrected chi connectivity index (χ3v) is 4.49. The van der Waals surface area contributed by atoms with Crippen molar-refractivity contribution < 1.29 is 9.53 Å². The molecular weight excluding hydrogens is 298 g/mol. The molecule has 0 aromatic heterocycles. The molecule has 0 amide bonds. The second-order valence-corrected chi connectivity index (χ2v) is 6.79. The normalized spacial score (nSPS) is 14.1. The summed E-state index contributed by atoms with van der Waals surface area (Å²) in [6.45, 7) is 3.49. The SMILES string of the molecule is CCCCCCCCC=CCCCCCCCC(=O)C1=NCCO1. The Kier molecular flexibility index (Phi) is 13.4. The minimum atomic E-state index is 0.0881. The monoisotopic (exact) mass is 335 g/mol. The van der Waals surface area contributed by atoms with Crippen molar-refractivity contribution in [1.29, 1.82) is 0 Å². The van der Waals surface area contributed by atoms with E-state index in [0.717, 1.165) is 12.8 Å². The minimum Gasteiger partial charge on any atom is -0.473 e. The summed E-state index contributed by atoms with van der Waals surface area (Å²) < 4.78 is 5.18. The molecule has 0 N–H and O–H groups in total. The van der Waals surface area contributed by atoms with Gasteiger partial charge in [-0.15, -0.1) is 0 Å². The number of nitrogens with zero attached hydrogens (tertiary/aromatic N) is 1. The van der Waals surface area contributed by atoms with Gasteiger partial charge < -0.3 is 4.74 Å². The van der Waals surface area contributed by atoms with Gasteiger partial charge in [0.15, 0.2) is 0 Å². The topological polar surface area (TPSA) is 38.7 Å². The van der Waals surface area contributed by atoms with Gasteiger partial charge in [0, 0.05) is 6.42 Å². The molecule has 0 aromatic rings. The van der Waals surface area contributed by atoms with E-state index in [0.29, 0.717) is 25.5 Å². The van der Waals surface area contributed by atoms with Crippen molar-refractivity contribution in [3.05, 3.63) is 12.2 Å². The smallest absolute Gasteiger partial charge is 0.253 e. The second kappa shape index (κ2) is 15.4. The first-order valence-corrected chi connectivity index (χ1v) is 10.2. The van der Waals surface area contributed by atoms with Crippen molar-refractivity contribution in [1.82, 2.24) is 0 Å². The molecule has 0 radical (unpaired) electrons. The van der Waals surface area contributed by atoms with Crippen LogP contribution in [0.25, 0.3) is 0 Å². The van der Waals surface area contributed by atoms with E-state index in [1.54, 1.807) is 0 Å². The zero-order valence-electron chi connectivity index (χ0n) is 15.7. The largest absolute Gasteiger partial charge is 0.473 e. The Morgan fingerprint density at radius 2 is 1.50 bits per heavy atom. The number of ketones is 1. The van der Waals surface area contributed by atoms with Crippen molar-refractivity contribution in [2.24, 2.45) is 4.99 Å². The van der Waals surface area contributed by atoms with Gasteiger partial charge in [-0.1, -0.05) is 70.4 Å². The van der Waals surface area contributed by atoms with Gasteiger partial charge in [0.2, 0.25) is 5.78 Å². The van der Waals surface area contributed by atoms with E-state index < -0.39 is 0 Å². The molecule has 0 fully saturated rings. The molecule has 0 spiro atoms. The zero-order valence-corrected chi connectivity index (χ0v) is 15.7. The van der Waals surface area contributed by atoms with Crippen LogP contribution in [0.4, 0.5) is 0 Å². The van der Waals surface area contributed by atoms with Crippen LogP contribution in [-0.4, -0.2) is 24.8 Å². The number of carbonyl (C=O) groups excluding carboxylic acids is 1. The highest BCUT2D eigenvalue weighted by Crippen LogP contribution is 2.10. The summed E-state index contributed by atoms with van der Waals surface area (Å²) in [6, 6.07) is 0. The molecule has 1 rings (SSSR count). The third kappa shape index (κ3) is 11.4. The van der Waals surface area contributed by atoms with Crippen molar-refractivity contribution >= 4 is 11.7 Å². The van der Waals surface area contributed by atoms with Crippen LogP contribution < -0.4 is 0 Å². The minimum absolute atomic E-state index is 0.0881. The van der Waals surface area contributed by atoms with Gasteiger partial charge in [-0.05, 0) is 32.1 Å². The van der Waals surface area contributed by atoms with E-state index in [9.17, 15) is 4.79 Å². The Bertz CT molecular complexity index is 374. The molecule has 0 aliphatic carbocycles. The molecule has 0 saturated heterocycles. The molecule has 138 valence electrons. The lowest BCUT2D eigenvalue weighted by Gasteiger charge is -2.01. The number of hydrogen-bond donors (Lipinski definition) is 0. The molecule has 0 bridgehead atoms. The zero-order chi connectivity index (χ0) is 17.3. The van der Waals surface area contributed by atoms with Crippen molar-refractivity contribution in [3.63, 3.8) is 0 Å². The average Bonchev–Trinajstić information content (AvgIpc) is 3.13. The van der Waals surface area contributed by atoms with E-state index in [2.05, 4.69) is 24.1 Å². The van der Waals surface area contributed by atoms with Crippen molar-refractivity contribution in [3.8, 4) is 0 Å². The third-order valence-electron chi connectivity index (χ3n) is 4.49. The number of unbranched alkanes of at least 4 members (excludes halogenated alkanes) is 11. The Hall–Kier alpha value is -1.12. The van der Waals surface area contributed by atoms with Gasteiger partial charge in [0.1, 0.15) is 6.61 Å². The fourth-order valence-corrected chi connectivity index (χ4v) is 2.97. The highest BCUT2D eigenvalue weighted by Gasteiger charge is 2.15. The maximum absolute atomic E-state index is 11.7. The highest BCUT2D eigenvalue weighted by molar-refractivity contribution is 6.36. The second-order valence-electron chi connectivity index (χ2n) is 6.79. The average molecular weight is 336 g/mol. The first-order valence-electron chi connectivity index (χ1n) is 10.2. The molecular formula is C21H37NO2. The predicted octanol–water partition coefficient (Wildman–Crippen LogP) is 6.02. The lowest BCUT2D eigenvalue weighted by Crippen LogP contribution is -2.13. The summed E-state index contributed by atoms with van der Waals surface area (Å²) >= 11 is 0. The van der Waals surface area contributed by atoms with E-state index in [4.69, 9.17) is 4.74 Å². The molecule has 1 aliphatic rings. The lowest BCUT2D eigenvalue weighted by atomic mass is 10.1. The van der Waals surface area contributed by atoms with Gasteiger partial charge in [-0.2, -0.15) is 0 Å². The maximum atomic E-state index is 11.7. The summed E-state index contributed by atoms with van der Waals surface area (Å²) in [6.07, 6.45) is 21.9. The summed E-state index contributed by atoms with van der Waals surface area (Å²) in [4.78, 5) is 15.8. The Morgan fingerprint density at radius 1 is 0.917 bits per heavy atom. The Morgan fingerprint density at radius 3 is 2.08 bits per heavy atom. The van der Waals surface area contributed by atoms with Crippen LogP contribution >= 0.6 is 0 Å². The Balaban J connectivity index is 1.78. The number of allylic oxidation sites excluding steroid dienone is 2. The van der Waals surface area contributed by atoms with E-state index in [1.165, 1.54) is 70.6 Å². The number of Topliss-reactive ketones (excluding diaryl/α,β-unsaturated/α-hetero) is 1. The highest BCUT2D eigenvalue weighted by atomic mass is 16.5. The summed E-state index contributed by atoms with van der Waals surface area (Å²) in [5, 5.41) is 0. The fourth-order valence-electron chi connectivity index (χ4n) is 2.97. The number of carbonyl (C=O) groups is 1. The quantitative estimate of drug-likeness (QED) is 0.255. The van der Waals surface area contributed by atoms with Crippen LogP contribution in [0.1, 0.15) is 96.8 Å². The van der Waals surface area contributed by atoms with Gasteiger partial charge >= 0.3 is 0 Å². The molecule has 0 atom stereocenters. The van der Waals surface area contributed by atoms with E-state index in [1.807, 2.05) is 0 Å². The Labute approximate surface area is 149 Å². The number of hydrogen-bond acceptors (Lipinski definition) is 3. The van der Waals surface area contributed by atoms with Gasteiger partial charge in [-0.3, -0.25) is 4.79 Å². The van der Waals surface area contributed by atoms with Crippen LogP contribution in [0.2, 0.25) is 0 Å². The molecule has 1 aliphatic heterocycles. The molecule has 1 heterocycles. The maximum Gasteiger partial charge on any atom is 0.253 e. The van der Waals surface area contributed by atoms with Crippen LogP contribution in [-0.2, 0) is 9.53 Å². The lowest BCUT2D eigenvalue weighted by molar-refractivity contribution is -0.114. The number of aliphatic imine (C=N–C) groups is 1. The molecule has 0 unspecified atom stereocenters. The van der Waals surface area contributed by atoms with Crippen LogP contribution in [0.15, 0.2) is 17.1 Å². The first-order chi connectivity index (χ1) is 11.8. The summed E-state index contributed by atoms with van der Waals surface area (Å²) in [5.41, 5.74) is 0. The standard InChI is InChI=1S/C21H37NO2/c1-2-3-4-5-6-7-8-9-10-11-12-13-14-15-16-17-20(23)21-22-18-19-24-21/h9-10H,2-8,11-19H2,1H3. The van der Waals surface area contributed by atoms with E-state index >= 15 is 0 Å². The van der Waals surface area contributed by atoms with Crippen molar-refractivity contribution in [2.75, 3.05) is 13.2 Å². The predicted molar refractivity (Wildman–Crippen MR) is 103 cm³/mol. The van der Waals surface area contributed by atoms with Gasteiger partial charge in [0.05, 0.1) is 6.54 Å². The molecule has 24 heavy (non-hydrogen) atoms. The number of rotatable bonds is 16. The fraction of sp³-hybridized carbons (Fsp3) is 0.810. The molecule has 3 nitrogen and oxygen atoms in total. The molecule has 0 saturated carbocycles. The van der Waals surface area contributed by atoms with Crippen LogP contribution in [0.5, 0.6) is 0 Å². The summed E-state index contributed by atoms with van der Waals surface area (Å²) in [5.74, 6) is 0.454. The first kappa shape index (κ1) is 20.9. The van der Waals surface area contributed by atoms with E-state index in [-0.39, 0.29) is 5.78 Å². The van der Waals surface area contributed by atoms with Gasteiger partial charge in [0.25, 0.3) is 5.90 Å². The molecule has 3 heteroatoms. The van der Waals surface area contributed by atoms with Gasteiger partial charge in [-0.25, -0.2) is 4.99 Å². The number of ether oxygens (including phenoxy) is 1. The molecule has 0 aromatic carbocycles.